The molecule has 0 bridgehead atoms. The minimum Gasteiger partial charge on any atom is -0.494 e. The van der Waals surface area contributed by atoms with Crippen molar-refractivity contribution in [1.29, 1.82) is 0 Å². The summed E-state index contributed by atoms with van der Waals surface area (Å²) in [5, 5.41) is 0.382. The molecule has 3 rings (SSSR count). The molecule has 3 aromatic carbocycles. The van der Waals surface area contributed by atoms with E-state index >= 15 is 0 Å². The first-order valence-electron chi connectivity index (χ1n) is 10.9. The van der Waals surface area contributed by atoms with E-state index in [1.165, 1.54) is 55.7 Å². The van der Waals surface area contributed by atoms with Gasteiger partial charge in [-0.1, -0.05) is 17.7 Å². The summed E-state index contributed by atoms with van der Waals surface area (Å²) >= 11 is 5.92. The number of carbonyl (C=O) groups excluding carboxylic acids is 1. The van der Waals surface area contributed by atoms with Gasteiger partial charge in [-0.25, -0.2) is 8.42 Å². The molecule has 0 atom stereocenters. The minimum absolute atomic E-state index is 0.0692. The number of methoxy groups -OCH3 is 1. The van der Waals surface area contributed by atoms with Crippen LogP contribution in [-0.2, 0) is 14.8 Å². The smallest absolute Gasteiger partial charge is 0.271 e. The Morgan fingerprint density at radius 3 is 2.17 bits per heavy atom. The van der Waals surface area contributed by atoms with Crippen molar-refractivity contribution in [1.82, 2.24) is 0 Å². The molecule has 35 heavy (non-hydrogen) atoms. The number of amides is 1. The van der Waals surface area contributed by atoms with Crippen molar-refractivity contribution >= 4 is 39.3 Å². The zero-order valence-corrected chi connectivity index (χ0v) is 21.2. The Labute approximate surface area is 210 Å². The fourth-order valence-electron chi connectivity index (χ4n) is 3.24. The van der Waals surface area contributed by atoms with Crippen molar-refractivity contribution in [3.8, 4) is 17.2 Å². The first kappa shape index (κ1) is 26.1. The molecular weight excluding hydrogens is 490 g/mol. The van der Waals surface area contributed by atoms with Crippen LogP contribution < -0.4 is 18.5 Å². The monoisotopic (exact) mass is 515 g/mol. The molecule has 0 fully saturated rings. The van der Waals surface area contributed by atoms with Gasteiger partial charge in [0.1, 0.15) is 5.75 Å². The maximum atomic E-state index is 13.5. The number of ether oxygens (including phenoxy) is 3. The molecule has 0 aliphatic heterocycles. The van der Waals surface area contributed by atoms with Gasteiger partial charge < -0.3 is 14.2 Å². The molecule has 0 heterocycles. The molecule has 0 unspecified atom stereocenters. The second-order valence-electron chi connectivity index (χ2n) is 7.17. The number of sulfonamides is 1. The third kappa shape index (κ3) is 6.35. The highest BCUT2D eigenvalue weighted by molar-refractivity contribution is 7.93. The Balaban J connectivity index is 2.00. The van der Waals surface area contributed by atoms with Crippen molar-refractivity contribution < 1.29 is 27.4 Å². The molecular formula is C26H26ClNO6S. The summed E-state index contributed by atoms with van der Waals surface area (Å²) in [5.74, 6) is 0.875. The summed E-state index contributed by atoms with van der Waals surface area (Å²) in [4.78, 5) is 13.2. The average molecular weight is 516 g/mol. The van der Waals surface area contributed by atoms with E-state index in [0.29, 0.717) is 41.0 Å². The van der Waals surface area contributed by atoms with Crippen molar-refractivity contribution in [3.05, 3.63) is 83.4 Å². The molecule has 0 N–H and O–H groups in total. The summed E-state index contributed by atoms with van der Waals surface area (Å²) in [6, 6.07) is 17.0. The van der Waals surface area contributed by atoms with E-state index in [1.54, 1.807) is 30.3 Å². The Bertz CT molecular complexity index is 1290. The lowest BCUT2D eigenvalue weighted by Crippen LogP contribution is -2.35. The number of benzene rings is 3. The number of hydrogen-bond acceptors (Lipinski definition) is 6. The molecule has 0 aliphatic rings. The van der Waals surface area contributed by atoms with E-state index in [4.69, 9.17) is 25.8 Å². The molecule has 0 radical (unpaired) electrons. The molecule has 184 valence electrons. The highest BCUT2D eigenvalue weighted by atomic mass is 35.5. The Morgan fingerprint density at radius 2 is 1.57 bits per heavy atom. The number of nitrogens with zero attached hydrogens (tertiary/aromatic N) is 1. The predicted octanol–water partition coefficient (Wildman–Crippen LogP) is 5.58. The summed E-state index contributed by atoms with van der Waals surface area (Å²) in [6.45, 7) is 4.64. The van der Waals surface area contributed by atoms with Crippen molar-refractivity contribution in [2.45, 2.75) is 18.7 Å². The minimum atomic E-state index is -4.24. The number of carbonyl (C=O) groups is 1. The van der Waals surface area contributed by atoms with Crippen LogP contribution in [0.15, 0.2) is 77.7 Å². The number of halogens is 1. The summed E-state index contributed by atoms with van der Waals surface area (Å²) in [5.41, 5.74) is 0.802. The molecule has 0 saturated heterocycles. The lowest BCUT2D eigenvalue weighted by Gasteiger charge is -2.21. The SMILES string of the molecule is CCOc1ccc(N(C(=O)/C=C/c2ccc(OCC)c(OC)c2)S(=O)(=O)c2ccc(Cl)cc2)cc1. The summed E-state index contributed by atoms with van der Waals surface area (Å²) in [6.07, 6.45) is 2.71. The second kappa shape index (κ2) is 11.8. The Morgan fingerprint density at radius 1 is 0.914 bits per heavy atom. The van der Waals surface area contributed by atoms with Gasteiger partial charge in [-0.3, -0.25) is 4.79 Å². The lowest BCUT2D eigenvalue weighted by molar-refractivity contribution is -0.113. The molecule has 0 aliphatic carbocycles. The van der Waals surface area contributed by atoms with Crippen LogP contribution in [0.1, 0.15) is 19.4 Å². The van der Waals surface area contributed by atoms with Crippen molar-refractivity contribution in [2.75, 3.05) is 24.6 Å². The number of anilines is 1. The van der Waals surface area contributed by atoms with Crippen LogP contribution in [0.25, 0.3) is 6.08 Å². The van der Waals surface area contributed by atoms with Gasteiger partial charge in [0.05, 0.1) is 30.9 Å². The quantitative estimate of drug-likeness (QED) is 0.328. The maximum Gasteiger partial charge on any atom is 0.271 e. The van der Waals surface area contributed by atoms with Gasteiger partial charge >= 0.3 is 0 Å². The average Bonchev–Trinajstić information content (AvgIpc) is 2.85. The van der Waals surface area contributed by atoms with Crippen LogP contribution >= 0.6 is 11.6 Å². The van der Waals surface area contributed by atoms with Crippen LogP contribution in [0.4, 0.5) is 5.69 Å². The van der Waals surface area contributed by atoms with Gasteiger partial charge in [-0.15, -0.1) is 0 Å². The van der Waals surface area contributed by atoms with Gasteiger partial charge in [0, 0.05) is 11.1 Å². The van der Waals surface area contributed by atoms with Crippen LogP contribution in [-0.4, -0.2) is 34.6 Å². The molecule has 0 aromatic heterocycles. The normalized spacial score (nSPS) is 11.3. The van der Waals surface area contributed by atoms with Crippen molar-refractivity contribution in [2.24, 2.45) is 0 Å². The molecule has 0 spiro atoms. The van der Waals surface area contributed by atoms with Gasteiger partial charge in [-0.05, 0) is 86.2 Å². The van der Waals surface area contributed by atoms with Gasteiger partial charge in [-0.2, -0.15) is 4.31 Å². The van der Waals surface area contributed by atoms with E-state index in [-0.39, 0.29) is 10.6 Å². The fourth-order valence-corrected chi connectivity index (χ4v) is 4.75. The molecule has 1 amide bonds. The van der Waals surface area contributed by atoms with Gasteiger partial charge in [0.15, 0.2) is 11.5 Å². The van der Waals surface area contributed by atoms with Crippen LogP contribution in [0.5, 0.6) is 17.2 Å². The standard InChI is InChI=1S/C26H26ClNO6S/c1-4-33-22-12-10-21(11-13-22)28(35(30,31)23-14-8-20(27)9-15-23)26(29)17-7-19-6-16-24(34-5-2)25(18-19)32-3/h6-18H,4-5H2,1-3H3/b17-7+. The first-order chi connectivity index (χ1) is 16.8. The highest BCUT2D eigenvalue weighted by Crippen LogP contribution is 2.30. The topological polar surface area (TPSA) is 82.1 Å². The van der Waals surface area contributed by atoms with Crippen LogP contribution in [0.3, 0.4) is 0 Å². The fraction of sp³-hybridized carbons (Fsp3) is 0.192. The third-order valence-corrected chi connectivity index (χ3v) is 6.83. The van der Waals surface area contributed by atoms with E-state index < -0.39 is 15.9 Å². The van der Waals surface area contributed by atoms with E-state index in [1.807, 2.05) is 13.8 Å². The second-order valence-corrected chi connectivity index (χ2v) is 9.39. The highest BCUT2D eigenvalue weighted by Gasteiger charge is 2.30. The summed E-state index contributed by atoms with van der Waals surface area (Å²) < 4.78 is 44.0. The maximum absolute atomic E-state index is 13.5. The summed E-state index contributed by atoms with van der Waals surface area (Å²) in [7, 11) is -2.72. The van der Waals surface area contributed by atoms with Gasteiger partial charge in [0.25, 0.3) is 15.9 Å². The third-order valence-electron chi connectivity index (χ3n) is 4.84. The lowest BCUT2D eigenvalue weighted by atomic mass is 10.2. The van der Waals surface area contributed by atoms with Crippen LogP contribution in [0, 0.1) is 0 Å². The van der Waals surface area contributed by atoms with Crippen molar-refractivity contribution in [3.63, 3.8) is 0 Å². The van der Waals surface area contributed by atoms with Crippen LogP contribution in [0.2, 0.25) is 5.02 Å². The largest absolute Gasteiger partial charge is 0.494 e. The van der Waals surface area contributed by atoms with E-state index in [9.17, 15) is 13.2 Å². The molecule has 7 nitrogen and oxygen atoms in total. The Kier molecular flexibility index (Phi) is 8.78. The zero-order valence-electron chi connectivity index (χ0n) is 19.6. The van der Waals surface area contributed by atoms with E-state index in [2.05, 4.69) is 0 Å². The molecule has 0 saturated carbocycles. The molecule has 3 aromatic rings. The number of hydrogen-bond donors (Lipinski definition) is 0. The van der Waals surface area contributed by atoms with E-state index in [0.717, 1.165) is 4.31 Å². The number of rotatable bonds is 10. The Hall–Kier alpha value is -3.49. The predicted molar refractivity (Wildman–Crippen MR) is 137 cm³/mol. The first-order valence-corrected chi connectivity index (χ1v) is 12.7. The molecule has 9 heteroatoms. The zero-order chi connectivity index (χ0) is 25.4. The van der Waals surface area contributed by atoms with Gasteiger partial charge in [0.2, 0.25) is 0 Å².